The lowest BCUT2D eigenvalue weighted by Gasteiger charge is -2.17. The predicted molar refractivity (Wildman–Crippen MR) is 83.3 cm³/mol. The first-order valence-corrected chi connectivity index (χ1v) is 8.63. The van der Waals surface area contributed by atoms with E-state index in [9.17, 15) is 12.8 Å². The molecule has 1 aliphatic heterocycles. The van der Waals surface area contributed by atoms with Crippen LogP contribution in [-0.2, 0) is 24.0 Å². The molecule has 3 atom stereocenters. The molecule has 6 nitrogen and oxygen atoms in total. The maximum absolute atomic E-state index is 14.1. The topological polar surface area (TPSA) is 73.9 Å². The van der Waals surface area contributed by atoms with Crippen molar-refractivity contribution in [2.45, 2.75) is 18.7 Å². The van der Waals surface area contributed by atoms with Crippen molar-refractivity contribution in [1.29, 1.82) is 0 Å². The minimum atomic E-state index is -4.04. The van der Waals surface area contributed by atoms with Crippen LogP contribution in [0, 0.1) is 5.82 Å². The van der Waals surface area contributed by atoms with E-state index in [4.69, 9.17) is 13.7 Å². The van der Waals surface area contributed by atoms with Crippen molar-refractivity contribution in [3.63, 3.8) is 0 Å². The first-order valence-electron chi connectivity index (χ1n) is 7.22. The summed E-state index contributed by atoms with van der Waals surface area (Å²) < 4.78 is 55.8. The van der Waals surface area contributed by atoms with Crippen molar-refractivity contribution in [2.75, 3.05) is 7.05 Å². The van der Waals surface area contributed by atoms with Gasteiger partial charge in [0.1, 0.15) is 11.9 Å². The van der Waals surface area contributed by atoms with E-state index in [0.29, 0.717) is 5.56 Å². The van der Waals surface area contributed by atoms with Crippen LogP contribution in [0.2, 0.25) is 0 Å². The van der Waals surface area contributed by atoms with Crippen molar-refractivity contribution in [2.24, 2.45) is 0 Å². The Morgan fingerprint density at radius 2 is 1.71 bits per heavy atom. The molecule has 0 amide bonds. The highest BCUT2D eigenvalue weighted by Crippen LogP contribution is 2.41. The van der Waals surface area contributed by atoms with E-state index in [-0.39, 0.29) is 5.56 Å². The molecular weight excluding hydrogens is 337 g/mol. The van der Waals surface area contributed by atoms with E-state index in [1.807, 2.05) is 10.8 Å². The fourth-order valence-electron chi connectivity index (χ4n) is 2.36. The van der Waals surface area contributed by atoms with Crippen LogP contribution in [0.25, 0.3) is 0 Å². The van der Waals surface area contributed by atoms with Crippen molar-refractivity contribution < 1.29 is 26.5 Å². The minimum absolute atomic E-state index is 0.159. The van der Waals surface area contributed by atoms with Gasteiger partial charge in [0.25, 0.3) is 0 Å². The van der Waals surface area contributed by atoms with Crippen LogP contribution in [-0.4, -0.2) is 21.8 Å². The number of halogens is 1. The van der Waals surface area contributed by atoms with Gasteiger partial charge in [-0.25, -0.2) is 8.57 Å². The van der Waals surface area contributed by atoms with Gasteiger partial charge in [0.05, 0.1) is 0 Å². The van der Waals surface area contributed by atoms with Crippen molar-refractivity contribution in [3.8, 4) is 0 Å². The van der Waals surface area contributed by atoms with Gasteiger partial charge >= 0.3 is 10.3 Å². The molecule has 0 bridgehead atoms. The molecule has 128 valence electrons. The van der Waals surface area contributed by atoms with Crippen LogP contribution < -0.4 is 4.72 Å². The van der Waals surface area contributed by atoms with E-state index in [2.05, 4.69) is 0 Å². The fourth-order valence-corrected chi connectivity index (χ4v) is 2.85. The summed E-state index contributed by atoms with van der Waals surface area (Å²) in [5.41, 5.74) is 0.832. The minimum Gasteiger partial charge on any atom is -0.335 e. The lowest BCUT2D eigenvalue weighted by Crippen LogP contribution is -2.30. The highest BCUT2D eigenvalue weighted by atomic mass is 32.2. The van der Waals surface area contributed by atoms with Gasteiger partial charge in [0, 0.05) is 18.2 Å². The van der Waals surface area contributed by atoms with E-state index >= 15 is 0 Å². The largest absolute Gasteiger partial charge is 0.338 e. The first kappa shape index (κ1) is 17.0. The Morgan fingerprint density at radius 1 is 1.04 bits per heavy atom. The van der Waals surface area contributed by atoms with Crippen molar-refractivity contribution in [1.82, 2.24) is 4.72 Å². The van der Waals surface area contributed by atoms with Gasteiger partial charge in [-0.1, -0.05) is 48.5 Å². The van der Waals surface area contributed by atoms with Gasteiger partial charge in [-0.3, -0.25) is 0 Å². The van der Waals surface area contributed by atoms with Crippen LogP contribution in [0.1, 0.15) is 23.5 Å². The van der Waals surface area contributed by atoms with E-state index < -0.39 is 34.8 Å². The maximum atomic E-state index is 14.1. The molecule has 2 aromatic carbocycles. The molecule has 0 aromatic heterocycles. The molecule has 0 spiro atoms. The fraction of sp³-hybridized carbons (Fsp3) is 0.250. The summed E-state index contributed by atoms with van der Waals surface area (Å²) in [5, 5.41) is 0. The van der Waals surface area contributed by atoms with Gasteiger partial charge in [0.2, 0.25) is 6.29 Å². The zero-order valence-corrected chi connectivity index (χ0v) is 13.6. The molecule has 24 heavy (non-hydrogen) atoms. The second-order valence-corrected chi connectivity index (χ2v) is 6.59. The lowest BCUT2D eigenvalue weighted by molar-refractivity contribution is -0.104. The Labute approximate surface area is 139 Å². The summed E-state index contributed by atoms with van der Waals surface area (Å²) in [6.45, 7) is 0. The summed E-state index contributed by atoms with van der Waals surface area (Å²) in [4.78, 5) is 0. The van der Waals surface area contributed by atoms with E-state index in [1.165, 1.54) is 25.2 Å². The van der Waals surface area contributed by atoms with E-state index in [1.54, 1.807) is 30.3 Å². The molecule has 3 rings (SSSR count). The monoisotopic (exact) mass is 353 g/mol. The first-order chi connectivity index (χ1) is 11.5. The Balaban J connectivity index is 1.92. The molecule has 1 saturated heterocycles. The van der Waals surface area contributed by atoms with E-state index in [0.717, 1.165) is 0 Å². The summed E-state index contributed by atoms with van der Waals surface area (Å²) in [5.74, 6) is -0.532. The number of benzene rings is 2. The standard InChI is InChI=1S/C16H16FNO5S/c1-18-24(19,20)23-16-14(12-9-5-6-10-13(12)17)21-15(22-16)11-7-3-2-4-8-11/h2-10,14-16,18H,1H3. The van der Waals surface area contributed by atoms with Gasteiger partial charge in [-0.15, -0.1) is 0 Å². The molecule has 1 fully saturated rings. The summed E-state index contributed by atoms with van der Waals surface area (Å²) in [7, 11) is -2.83. The summed E-state index contributed by atoms with van der Waals surface area (Å²) >= 11 is 0. The van der Waals surface area contributed by atoms with Crippen molar-refractivity contribution in [3.05, 3.63) is 71.5 Å². The molecule has 0 saturated carbocycles. The second kappa shape index (κ2) is 6.96. The molecule has 2 aromatic rings. The zero-order valence-electron chi connectivity index (χ0n) is 12.8. The Hall–Kier alpha value is -1.84. The van der Waals surface area contributed by atoms with Gasteiger partial charge in [0.15, 0.2) is 6.29 Å². The Kier molecular flexibility index (Phi) is 4.93. The molecule has 8 heteroatoms. The lowest BCUT2D eigenvalue weighted by atomic mass is 10.1. The van der Waals surface area contributed by atoms with Gasteiger partial charge in [-0.05, 0) is 6.07 Å². The van der Waals surface area contributed by atoms with Gasteiger partial charge < -0.3 is 9.47 Å². The Bertz CT molecular complexity index is 799. The van der Waals surface area contributed by atoms with Crippen LogP contribution in [0.4, 0.5) is 4.39 Å². The quantitative estimate of drug-likeness (QED) is 0.894. The third-order valence-electron chi connectivity index (χ3n) is 3.53. The van der Waals surface area contributed by atoms with Crippen LogP contribution in [0.3, 0.4) is 0 Å². The van der Waals surface area contributed by atoms with Crippen LogP contribution in [0.15, 0.2) is 54.6 Å². The average Bonchev–Trinajstić information content (AvgIpc) is 2.99. The van der Waals surface area contributed by atoms with Gasteiger partial charge in [-0.2, -0.15) is 13.1 Å². The Morgan fingerprint density at radius 3 is 2.38 bits per heavy atom. The zero-order chi connectivity index (χ0) is 17.2. The third kappa shape index (κ3) is 3.63. The smallest absolute Gasteiger partial charge is 0.335 e. The third-order valence-corrected chi connectivity index (χ3v) is 4.47. The molecule has 3 unspecified atom stereocenters. The number of hydrogen-bond acceptors (Lipinski definition) is 5. The average molecular weight is 353 g/mol. The molecule has 0 aliphatic carbocycles. The number of ether oxygens (including phenoxy) is 2. The maximum Gasteiger partial charge on any atom is 0.338 e. The highest BCUT2D eigenvalue weighted by molar-refractivity contribution is 7.84. The molecular formula is C16H16FNO5S. The van der Waals surface area contributed by atoms with Crippen molar-refractivity contribution >= 4 is 10.3 Å². The summed E-state index contributed by atoms with van der Waals surface area (Å²) in [6, 6.07) is 14.8. The molecule has 1 heterocycles. The summed E-state index contributed by atoms with van der Waals surface area (Å²) in [6.07, 6.45) is -3.21. The second-order valence-electron chi connectivity index (χ2n) is 5.08. The number of nitrogens with one attached hydrogen (secondary N) is 1. The predicted octanol–water partition coefficient (Wildman–Crippen LogP) is 2.42. The normalized spacial score (nSPS) is 24.2. The van der Waals surface area contributed by atoms with Crippen LogP contribution in [0.5, 0.6) is 0 Å². The highest BCUT2D eigenvalue weighted by Gasteiger charge is 2.42. The molecule has 1 aliphatic rings. The van der Waals surface area contributed by atoms with Crippen LogP contribution >= 0.6 is 0 Å². The molecule has 1 N–H and O–H groups in total. The molecule has 0 radical (unpaired) electrons. The number of hydrogen-bond donors (Lipinski definition) is 1. The SMILES string of the molecule is CNS(=O)(=O)OC1OC(c2ccccc2)OC1c1ccccc1F. The number of rotatable bonds is 5.